The highest BCUT2D eigenvalue weighted by atomic mass is 16.5. The third-order valence-electron chi connectivity index (χ3n) is 6.18. The van der Waals surface area contributed by atoms with Crippen LogP contribution in [-0.2, 0) is 11.3 Å². The summed E-state index contributed by atoms with van der Waals surface area (Å²) in [5, 5.41) is 6.41. The number of anilines is 1. The third-order valence-corrected chi connectivity index (χ3v) is 6.18. The Morgan fingerprint density at radius 2 is 2.06 bits per heavy atom. The molecule has 2 N–H and O–H groups in total. The molecular weight excluding hydrogens is 410 g/mol. The van der Waals surface area contributed by atoms with Gasteiger partial charge in [0.15, 0.2) is 17.7 Å². The molecule has 8 nitrogen and oxygen atoms in total. The fourth-order valence-electron chi connectivity index (χ4n) is 4.43. The van der Waals surface area contributed by atoms with E-state index < -0.39 is 0 Å². The van der Waals surface area contributed by atoms with Crippen molar-refractivity contribution in [2.75, 3.05) is 19.0 Å². The number of nitrogens with zero attached hydrogens (tertiary/aromatic N) is 1. The second-order valence-electron chi connectivity index (χ2n) is 8.29. The molecule has 1 aromatic heterocycles. The number of amides is 1. The monoisotopic (exact) mass is 435 g/mol. The number of hydrogen-bond donors (Lipinski definition) is 2. The minimum absolute atomic E-state index is 0.0351. The fraction of sp³-hybridized carbons (Fsp3) is 0.375. The van der Waals surface area contributed by atoms with Gasteiger partial charge in [0, 0.05) is 18.5 Å². The van der Waals surface area contributed by atoms with E-state index in [-0.39, 0.29) is 30.1 Å². The van der Waals surface area contributed by atoms with Gasteiger partial charge in [0.25, 0.3) is 11.8 Å². The molecule has 0 spiro atoms. The van der Waals surface area contributed by atoms with E-state index in [4.69, 9.17) is 13.9 Å². The summed E-state index contributed by atoms with van der Waals surface area (Å²) < 4.78 is 16.4. The zero-order valence-corrected chi connectivity index (χ0v) is 17.8. The van der Waals surface area contributed by atoms with Gasteiger partial charge in [-0.25, -0.2) is 4.98 Å². The predicted octanol–water partition coefficient (Wildman–Crippen LogP) is 3.70. The van der Waals surface area contributed by atoms with Gasteiger partial charge in [0.1, 0.15) is 11.5 Å². The topological polar surface area (TPSA) is 103 Å². The largest absolute Gasteiger partial charge is 0.494 e. The van der Waals surface area contributed by atoms with Crippen LogP contribution in [0.25, 0.3) is 11.1 Å². The molecule has 5 rings (SSSR count). The summed E-state index contributed by atoms with van der Waals surface area (Å²) in [4.78, 5) is 28.9. The van der Waals surface area contributed by atoms with E-state index in [1.165, 1.54) is 0 Å². The second kappa shape index (κ2) is 8.63. The summed E-state index contributed by atoms with van der Waals surface area (Å²) >= 11 is 0. The molecule has 3 aromatic rings. The Labute approximate surface area is 185 Å². The summed E-state index contributed by atoms with van der Waals surface area (Å²) in [5.74, 6) is 1.22. The zero-order valence-electron chi connectivity index (χ0n) is 17.8. The summed E-state index contributed by atoms with van der Waals surface area (Å²) in [6.45, 7) is 0.751. The first-order valence-corrected chi connectivity index (χ1v) is 10.9. The number of aromatic nitrogens is 1. The number of ketones is 1. The van der Waals surface area contributed by atoms with Gasteiger partial charge in [-0.05, 0) is 55.5 Å². The molecule has 0 bridgehead atoms. The number of para-hydroxylation sites is 1. The molecule has 1 aliphatic heterocycles. The van der Waals surface area contributed by atoms with Crippen molar-refractivity contribution in [1.82, 2.24) is 10.3 Å². The van der Waals surface area contributed by atoms with E-state index >= 15 is 0 Å². The van der Waals surface area contributed by atoms with E-state index in [0.717, 1.165) is 31.2 Å². The number of rotatable bonds is 6. The normalized spacial score (nSPS) is 20.3. The number of carbonyl (C=O) groups excluding carboxylic acids is 2. The lowest BCUT2D eigenvalue weighted by Gasteiger charge is -2.28. The molecule has 1 fully saturated rings. The van der Waals surface area contributed by atoms with Crippen LogP contribution in [0.15, 0.2) is 40.8 Å². The number of methoxy groups -OCH3 is 1. The Hall–Kier alpha value is -3.39. The number of fused-ring (bicyclic) bond motifs is 2. The number of oxazole rings is 1. The second-order valence-corrected chi connectivity index (χ2v) is 8.29. The number of hydrogen-bond acceptors (Lipinski definition) is 7. The van der Waals surface area contributed by atoms with E-state index in [9.17, 15) is 9.59 Å². The van der Waals surface area contributed by atoms with Crippen LogP contribution in [-0.4, -0.2) is 36.4 Å². The highest BCUT2D eigenvalue weighted by Gasteiger charge is 2.30. The molecule has 2 heterocycles. The predicted molar refractivity (Wildman–Crippen MR) is 118 cm³/mol. The van der Waals surface area contributed by atoms with Crippen molar-refractivity contribution in [2.24, 2.45) is 5.92 Å². The molecular formula is C24H25N3O5. The van der Waals surface area contributed by atoms with Gasteiger partial charge in [0.05, 0.1) is 12.8 Å². The van der Waals surface area contributed by atoms with Crippen LogP contribution < -0.4 is 20.1 Å². The molecule has 0 saturated heterocycles. The highest BCUT2D eigenvalue weighted by molar-refractivity contribution is 5.97. The van der Waals surface area contributed by atoms with E-state index in [1.807, 2.05) is 24.3 Å². The summed E-state index contributed by atoms with van der Waals surface area (Å²) in [5.41, 5.74) is 2.94. The maximum Gasteiger partial charge on any atom is 0.264 e. The molecule has 2 aromatic carbocycles. The quantitative estimate of drug-likeness (QED) is 0.569. The van der Waals surface area contributed by atoms with Crippen LogP contribution in [0.4, 0.5) is 5.69 Å². The third kappa shape index (κ3) is 4.05. The van der Waals surface area contributed by atoms with Crippen molar-refractivity contribution in [3.05, 3.63) is 47.9 Å². The van der Waals surface area contributed by atoms with Gasteiger partial charge < -0.3 is 24.5 Å². The molecule has 1 amide bonds. The molecule has 0 atom stereocenters. The van der Waals surface area contributed by atoms with Crippen molar-refractivity contribution in [2.45, 2.75) is 38.3 Å². The lowest BCUT2D eigenvalue weighted by atomic mass is 9.83. The van der Waals surface area contributed by atoms with Crippen LogP contribution in [0.5, 0.6) is 11.5 Å². The Kier molecular flexibility index (Phi) is 5.53. The van der Waals surface area contributed by atoms with Crippen LogP contribution in [0.2, 0.25) is 0 Å². The fourth-order valence-corrected chi connectivity index (χ4v) is 4.43. The van der Waals surface area contributed by atoms with Gasteiger partial charge in [0.2, 0.25) is 5.78 Å². The van der Waals surface area contributed by atoms with Gasteiger partial charge >= 0.3 is 0 Å². The Balaban J connectivity index is 1.16. The van der Waals surface area contributed by atoms with Crippen molar-refractivity contribution in [1.29, 1.82) is 0 Å². The zero-order chi connectivity index (χ0) is 22.1. The number of ether oxygens (including phenoxy) is 2. The van der Waals surface area contributed by atoms with Gasteiger partial charge in [-0.3, -0.25) is 9.59 Å². The molecule has 166 valence electrons. The first-order valence-electron chi connectivity index (χ1n) is 10.9. The maximum atomic E-state index is 13.0. The van der Waals surface area contributed by atoms with E-state index in [0.29, 0.717) is 40.9 Å². The first kappa shape index (κ1) is 20.5. The molecule has 1 saturated carbocycles. The Morgan fingerprint density at radius 3 is 2.88 bits per heavy atom. The van der Waals surface area contributed by atoms with Crippen molar-refractivity contribution >= 4 is 28.5 Å². The standard InChI is InChI=1S/C24H25N3O5/c1-30-19-3-2-4-20-22(19)27-24(32-20)23(29)15-6-8-16(9-7-15)25-12-14-5-10-18-17(11-14)26-21(28)13-31-18/h2-5,10-11,15-16,25H,6-9,12-13H2,1H3,(H,26,28). The maximum absolute atomic E-state index is 13.0. The molecule has 0 unspecified atom stereocenters. The highest BCUT2D eigenvalue weighted by Crippen LogP contribution is 2.31. The van der Waals surface area contributed by atoms with Crippen LogP contribution in [0.3, 0.4) is 0 Å². The van der Waals surface area contributed by atoms with Gasteiger partial charge in [-0.1, -0.05) is 12.1 Å². The molecule has 0 radical (unpaired) electrons. The number of carbonyl (C=O) groups is 2. The summed E-state index contributed by atoms with van der Waals surface area (Å²) in [7, 11) is 1.58. The smallest absolute Gasteiger partial charge is 0.264 e. The minimum Gasteiger partial charge on any atom is -0.494 e. The minimum atomic E-state index is -0.136. The van der Waals surface area contributed by atoms with Gasteiger partial charge in [-0.2, -0.15) is 0 Å². The van der Waals surface area contributed by atoms with E-state index in [1.54, 1.807) is 19.2 Å². The lowest BCUT2D eigenvalue weighted by molar-refractivity contribution is -0.118. The number of benzene rings is 2. The summed E-state index contributed by atoms with van der Waals surface area (Å²) in [6, 6.07) is 11.6. The van der Waals surface area contributed by atoms with Crippen molar-refractivity contribution in [3.63, 3.8) is 0 Å². The number of Topliss-reactive ketones (excluding diaryl/α,β-unsaturated/α-hetero) is 1. The Morgan fingerprint density at radius 1 is 1.22 bits per heavy atom. The van der Waals surface area contributed by atoms with Gasteiger partial charge in [-0.15, -0.1) is 0 Å². The average molecular weight is 435 g/mol. The molecule has 2 aliphatic rings. The average Bonchev–Trinajstić information content (AvgIpc) is 3.27. The summed E-state index contributed by atoms with van der Waals surface area (Å²) in [6.07, 6.45) is 3.40. The van der Waals surface area contributed by atoms with Crippen LogP contribution in [0.1, 0.15) is 41.9 Å². The van der Waals surface area contributed by atoms with E-state index in [2.05, 4.69) is 15.6 Å². The molecule has 8 heteroatoms. The lowest BCUT2D eigenvalue weighted by Crippen LogP contribution is -2.34. The van der Waals surface area contributed by atoms with Crippen molar-refractivity contribution < 1.29 is 23.5 Å². The van der Waals surface area contributed by atoms with Crippen LogP contribution >= 0.6 is 0 Å². The SMILES string of the molecule is COc1cccc2oc(C(=O)C3CCC(NCc4ccc5c(c4)NC(=O)CO5)CC3)nc12. The molecule has 1 aliphatic carbocycles. The Bertz CT molecular complexity index is 1160. The first-order chi connectivity index (χ1) is 15.6. The van der Waals surface area contributed by atoms with Crippen molar-refractivity contribution in [3.8, 4) is 11.5 Å². The van der Waals surface area contributed by atoms with Crippen LogP contribution in [0, 0.1) is 5.92 Å². The number of nitrogens with one attached hydrogen (secondary N) is 2. The molecule has 32 heavy (non-hydrogen) atoms.